The van der Waals surface area contributed by atoms with Gasteiger partial charge in [0.2, 0.25) is 0 Å². The maximum Gasteiger partial charge on any atom is 0.312 e. The first-order valence-corrected chi connectivity index (χ1v) is 6.77. The first-order valence-electron chi connectivity index (χ1n) is 6.77. The van der Waals surface area contributed by atoms with E-state index >= 15 is 0 Å². The van der Waals surface area contributed by atoms with Crippen LogP contribution in [0.25, 0.3) is 0 Å². The third-order valence-corrected chi connectivity index (χ3v) is 3.40. The van der Waals surface area contributed by atoms with Gasteiger partial charge in [-0.2, -0.15) is 5.10 Å². The Kier molecular flexibility index (Phi) is 4.47. The van der Waals surface area contributed by atoms with E-state index < -0.39 is 4.92 Å². The van der Waals surface area contributed by atoms with Crippen molar-refractivity contribution >= 4 is 11.5 Å². The number of nitrogens with zero attached hydrogens (tertiary/aromatic N) is 3. The Morgan fingerprint density at radius 1 is 1.29 bits per heavy atom. The Hall–Kier alpha value is -2.50. The first-order chi connectivity index (χ1) is 10.0. The standard InChI is InChI=1S/C15H17N3O3/c1-11-15(18(20)21)12(2)17(16-11)10-6-9-14(19)13-7-4-3-5-8-13/h3-5,7-8H,6,9-10H2,1-2H3. The lowest BCUT2D eigenvalue weighted by Gasteiger charge is -2.03. The molecule has 0 atom stereocenters. The molecule has 2 rings (SSSR count). The van der Waals surface area contributed by atoms with Gasteiger partial charge in [-0.05, 0) is 20.3 Å². The molecule has 6 heteroatoms. The third-order valence-electron chi connectivity index (χ3n) is 3.40. The zero-order valence-electron chi connectivity index (χ0n) is 12.1. The number of rotatable bonds is 6. The van der Waals surface area contributed by atoms with E-state index in [1.807, 2.05) is 18.2 Å². The second kappa shape index (κ2) is 6.30. The number of aryl methyl sites for hydroxylation is 2. The van der Waals surface area contributed by atoms with Gasteiger partial charge in [0.05, 0.1) is 4.92 Å². The Morgan fingerprint density at radius 3 is 2.52 bits per heavy atom. The topological polar surface area (TPSA) is 78.0 Å². The molecule has 0 bridgehead atoms. The fraction of sp³-hybridized carbons (Fsp3) is 0.333. The van der Waals surface area contributed by atoms with Crippen LogP contribution >= 0.6 is 0 Å². The second-order valence-corrected chi connectivity index (χ2v) is 4.89. The Morgan fingerprint density at radius 2 is 1.95 bits per heavy atom. The molecule has 0 fully saturated rings. The lowest BCUT2D eigenvalue weighted by Crippen LogP contribution is -2.06. The van der Waals surface area contributed by atoms with Crippen molar-refractivity contribution in [1.29, 1.82) is 0 Å². The van der Waals surface area contributed by atoms with E-state index in [1.54, 1.807) is 30.7 Å². The van der Waals surface area contributed by atoms with Crippen LogP contribution in [0.2, 0.25) is 0 Å². The smallest absolute Gasteiger partial charge is 0.294 e. The maximum atomic E-state index is 12.0. The lowest BCUT2D eigenvalue weighted by molar-refractivity contribution is -0.386. The molecule has 1 aromatic carbocycles. The highest BCUT2D eigenvalue weighted by atomic mass is 16.6. The molecule has 1 aromatic heterocycles. The van der Waals surface area contributed by atoms with Crippen LogP contribution in [-0.2, 0) is 6.54 Å². The largest absolute Gasteiger partial charge is 0.312 e. The molecule has 0 aliphatic rings. The summed E-state index contributed by atoms with van der Waals surface area (Å²) in [5.41, 5.74) is 1.69. The van der Waals surface area contributed by atoms with Crippen LogP contribution < -0.4 is 0 Å². The number of hydrogen-bond donors (Lipinski definition) is 0. The molecule has 2 aromatic rings. The van der Waals surface area contributed by atoms with Crippen molar-refractivity contribution in [3.8, 4) is 0 Å². The van der Waals surface area contributed by atoms with Gasteiger partial charge in [-0.25, -0.2) is 0 Å². The van der Waals surface area contributed by atoms with Gasteiger partial charge >= 0.3 is 5.69 Å². The summed E-state index contributed by atoms with van der Waals surface area (Å²) in [6.07, 6.45) is 1.00. The van der Waals surface area contributed by atoms with Gasteiger partial charge in [0, 0.05) is 18.5 Å². The number of hydrogen-bond acceptors (Lipinski definition) is 4. The zero-order valence-corrected chi connectivity index (χ0v) is 12.1. The summed E-state index contributed by atoms with van der Waals surface area (Å²) in [6, 6.07) is 9.11. The van der Waals surface area contributed by atoms with Crippen molar-refractivity contribution in [1.82, 2.24) is 9.78 Å². The van der Waals surface area contributed by atoms with Gasteiger partial charge < -0.3 is 0 Å². The summed E-state index contributed by atoms with van der Waals surface area (Å²) < 4.78 is 1.60. The van der Waals surface area contributed by atoms with E-state index in [1.165, 1.54) is 0 Å². The highest BCUT2D eigenvalue weighted by molar-refractivity contribution is 5.95. The minimum atomic E-state index is -0.413. The number of nitro groups is 1. The minimum Gasteiger partial charge on any atom is -0.294 e. The lowest BCUT2D eigenvalue weighted by atomic mass is 10.1. The van der Waals surface area contributed by atoms with E-state index in [-0.39, 0.29) is 11.5 Å². The molecular formula is C15H17N3O3. The third kappa shape index (κ3) is 3.34. The summed E-state index contributed by atoms with van der Waals surface area (Å²) >= 11 is 0. The molecule has 0 amide bonds. The van der Waals surface area contributed by atoms with Crippen molar-refractivity contribution in [2.45, 2.75) is 33.2 Å². The zero-order chi connectivity index (χ0) is 15.4. The SMILES string of the molecule is Cc1nn(CCCC(=O)c2ccccc2)c(C)c1[N+](=O)[O-]. The van der Waals surface area contributed by atoms with E-state index in [4.69, 9.17) is 0 Å². The number of carbonyl (C=O) groups excluding carboxylic acids is 1. The first kappa shape index (κ1) is 14.9. The Bertz CT molecular complexity index is 662. The number of Topliss-reactive ketones (excluding diaryl/α,β-unsaturated/α-hetero) is 1. The molecule has 0 unspecified atom stereocenters. The van der Waals surface area contributed by atoms with E-state index in [0.29, 0.717) is 36.3 Å². The molecule has 0 saturated heterocycles. The molecule has 0 radical (unpaired) electrons. The molecule has 0 spiro atoms. The molecule has 1 heterocycles. The number of benzene rings is 1. The van der Waals surface area contributed by atoms with Gasteiger partial charge in [-0.15, -0.1) is 0 Å². The van der Waals surface area contributed by atoms with Crippen molar-refractivity contribution < 1.29 is 9.72 Å². The summed E-state index contributed by atoms with van der Waals surface area (Å²) in [7, 11) is 0. The summed E-state index contributed by atoms with van der Waals surface area (Å²) in [4.78, 5) is 22.5. The highest BCUT2D eigenvalue weighted by Crippen LogP contribution is 2.22. The van der Waals surface area contributed by atoms with Gasteiger partial charge in [-0.3, -0.25) is 19.6 Å². The van der Waals surface area contributed by atoms with E-state index in [9.17, 15) is 14.9 Å². The van der Waals surface area contributed by atoms with Crippen LogP contribution in [0.1, 0.15) is 34.6 Å². The molecular weight excluding hydrogens is 270 g/mol. The van der Waals surface area contributed by atoms with Gasteiger partial charge in [0.25, 0.3) is 0 Å². The molecule has 110 valence electrons. The number of aromatic nitrogens is 2. The van der Waals surface area contributed by atoms with Gasteiger partial charge in [-0.1, -0.05) is 30.3 Å². The van der Waals surface area contributed by atoms with Crippen LogP contribution in [0.3, 0.4) is 0 Å². The van der Waals surface area contributed by atoms with Crippen LogP contribution in [0.5, 0.6) is 0 Å². The fourth-order valence-corrected chi connectivity index (χ4v) is 2.33. The molecule has 0 aliphatic carbocycles. The minimum absolute atomic E-state index is 0.0596. The number of carbonyl (C=O) groups is 1. The number of ketones is 1. The predicted molar refractivity (Wildman–Crippen MR) is 78.4 cm³/mol. The molecule has 6 nitrogen and oxygen atoms in total. The summed E-state index contributed by atoms with van der Waals surface area (Å²) in [5.74, 6) is 0.0756. The molecule has 0 N–H and O–H groups in total. The monoisotopic (exact) mass is 287 g/mol. The van der Waals surface area contributed by atoms with Crippen molar-refractivity contribution in [2.24, 2.45) is 0 Å². The van der Waals surface area contributed by atoms with E-state index in [0.717, 1.165) is 0 Å². The average Bonchev–Trinajstić information content (AvgIpc) is 2.74. The van der Waals surface area contributed by atoms with Gasteiger partial charge in [0.15, 0.2) is 5.78 Å². The normalized spacial score (nSPS) is 10.6. The average molecular weight is 287 g/mol. The van der Waals surface area contributed by atoms with Crippen molar-refractivity contribution in [3.05, 3.63) is 57.4 Å². The predicted octanol–water partition coefficient (Wildman–Crippen LogP) is 3.07. The molecule has 0 saturated carbocycles. The van der Waals surface area contributed by atoms with Crippen molar-refractivity contribution in [2.75, 3.05) is 0 Å². The Balaban J connectivity index is 1.97. The van der Waals surface area contributed by atoms with Crippen LogP contribution in [-0.4, -0.2) is 20.5 Å². The quantitative estimate of drug-likeness (QED) is 0.464. The molecule has 0 aliphatic heterocycles. The van der Waals surface area contributed by atoms with Crippen LogP contribution in [0, 0.1) is 24.0 Å². The van der Waals surface area contributed by atoms with Gasteiger partial charge in [0.1, 0.15) is 11.4 Å². The maximum absolute atomic E-state index is 12.0. The molecule has 21 heavy (non-hydrogen) atoms. The summed E-state index contributed by atoms with van der Waals surface area (Å²) in [5, 5.41) is 15.1. The Labute approximate surface area is 122 Å². The van der Waals surface area contributed by atoms with E-state index in [2.05, 4.69) is 5.10 Å². The van der Waals surface area contributed by atoms with Crippen molar-refractivity contribution in [3.63, 3.8) is 0 Å². The second-order valence-electron chi connectivity index (χ2n) is 4.89. The fourth-order valence-electron chi connectivity index (χ4n) is 2.33. The highest BCUT2D eigenvalue weighted by Gasteiger charge is 2.21. The van der Waals surface area contributed by atoms with Crippen LogP contribution in [0.15, 0.2) is 30.3 Å². The van der Waals surface area contributed by atoms with Crippen LogP contribution in [0.4, 0.5) is 5.69 Å². The summed E-state index contributed by atoms with van der Waals surface area (Å²) in [6.45, 7) is 3.80.